The van der Waals surface area contributed by atoms with E-state index in [9.17, 15) is 4.20 Å². The third kappa shape index (κ3) is 0.909. The van der Waals surface area contributed by atoms with Gasteiger partial charge in [-0.05, 0) is 19.5 Å². The Bertz CT molecular complexity index is 49.5. The van der Waals surface area contributed by atoms with E-state index in [1.54, 1.807) is 6.66 Å². The van der Waals surface area contributed by atoms with E-state index < -0.39 is 8.23 Å². The SMILES string of the molecule is CP(F)C1CC1. The van der Waals surface area contributed by atoms with Crippen LogP contribution in [0, 0.1) is 0 Å². The molecule has 1 atom stereocenters. The van der Waals surface area contributed by atoms with Gasteiger partial charge in [-0.25, -0.2) is 4.20 Å². The molecule has 0 aromatic heterocycles. The third-order valence-corrected chi connectivity index (χ3v) is 2.57. The van der Waals surface area contributed by atoms with Gasteiger partial charge in [0.1, 0.15) is 0 Å². The number of hydrogen-bond donors (Lipinski definition) is 0. The van der Waals surface area contributed by atoms with Crippen molar-refractivity contribution >= 4 is 8.23 Å². The molecule has 0 aromatic rings. The van der Waals surface area contributed by atoms with Gasteiger partial charge in [-0.3, -0.25) is 0 Å². The zero-order valence-electron chi connectivity index (χ0n) is 3.82. The van der Waals surface area contributed by atoms with E-state index in [0.717, 1.165) is 12.8 Å². The molecule has 0 saturated heterocycles. The van der Waals surface area contributed by atoms with Crippen LogP contribution in [-0.4, -0.2) is 12.3 Å². The van der Waals surface area contributed by atoms with Crippen LogP contribution in [-0.2, 0) is 0 Å². The van der Waals surface area contributed by atoms with Crippen molar-refractivity contribution in [1.29, 1.82) is 0 Å². The molecule has 1 rings (SSSR count). The molecular weight excluding hydrogens is 98.0 g/mol. The number of hydrogen-bond acceptors (Lipinski definition) is 0. The molecular formula is C4H8FP. The summed E-state index contributed by atoms with van der Waals surface area (Å²) in [7, 11) is -1.05. The summed E-state index contributed by atoms with van der Waals surface area (Å²) in [5, 5.41) is 0. The fourth-order valence-corrected chi connectivity index (χ4v) is 1.29. The summed E-state index contributed by atoms with van der Waals surface area (Å²) >= 11 is 0. The quantitative estimate of drug-likeness (QED) is 0.449. The van der Waals surface area contributed by atoms with Crippen molar-refractivity contribution in [3.8, 4) is 0 Å². The van der Waals surface area contributed by atoms with Crippen molar-refractivity contribution in [1.82, 2.24) is 0 Å². The molecule has 0 radical (unpaired) electrons. The molecule has 1 aliphatic carbocycles. The van der Waals surface area contributed by atoms with Crippen LogP contribution in [0.25, 0.3) is 0 Å². The summed E-state index contributed by atoms with van der Waals surface area (Å²) in [6, 6.07) is 0. The second-order valence-electron chi connectivity index (χ2n) is 1.76. The van der Waals surface area contributed by atoms with Crippen LogP contribution in [0.1, 0.15) is 12.8 Å². The molecule has 0 aliphatic heterocycles. The van der Waals surface area contributed by atoms with E-state index in [1.165, 1.54) is 0 Å². The van der Waals surface area contributed by atoms with Crippen molar-refractivity contribution < 1.29 is 4.20 Å². The Morgan fingerprint density at radius 3 is 2.17 bits per heavy atom. The first-order chi connectivity index (χ1) is 2.80. The molecule has 1 unspecified atom stereocenters. The molecule has 0 N–H and O–H groups in total. The van der Waals surface area contributed by atoms with E-state index in [4.69, 9.17) is 0 Å². The standard InChI is InChI=1S/C4H8FP/c1-6(5)4-2-3-4/h4H,2-3H2,1H3. The van der Waals surface area contributed by atoms with Gasteiger partial charge >= 0.3 is 0 Å². The van der Waals surface area contributed by atoms with Gasteiger partial charge in [0, 0.05) is 5.66 Å². The van der Waals surface area contributed by atoms with E-state index in [2.05, 4.69) is 0 Å². The van der Waals surface area contributed by atoms with Gasteiger partial charge in [-0.1, -0.05) is 0 Å². The van der Waals surface area contributed by atoms with Crippen molar-refractivity contribution in [3.05, 3.63) is 0 Å². The smallest absolute Gasteiger partial charge is 0.0813 e. The Hall–Kier alpha value is 0.360. The average molecular weight is 106 g/mol. The highest BCUT2D eigenvalue weighted by atomic mass is 31.2. The average Bonchev–Trinajstić information content (AvgIpc) is 2.06. The van der Waals surface area contributed by atoms with Crippen LogP contribution >= 0.6 is 8.23 Å². The number of halogens is 1. The lowest BCUT2D eigenvalue weighted by molar-refractivity contribution is 0.889. The molecule has 0 spiro atoms. The minimum atomic E-state index is -1.05. The molecule has 0 aromatic carbocycles. The molecule has 1 aliphatic rings. The van der Waals surface area contributed by atoms with Gasteiger partial charge in [-0.2, -0.15) is 0 Å². The van der Waals surface area contributed by atoms with Crippen LogP contribution in [0.4, 0.5) is 4.20 Å². The van der Waals surface area contributed by atoms with Gasteiger partial charge < -0.3 is 0 Å². The molecule has 1 fully saturated rings. The maximum absolute atomic E-state index is 12.0. The highest BCUT2D eigenvalue weighted by Gasteiger charge is 2.27. The Labute approximate surface area is 38.6 Å². The maximum Gasteiger partial charge on any atom is 0.0813 e. The lowest BCUT2D eigenvalue weighted by Gasteiger charge is -1.89. The largest absolute Gasteiger partial charge is 0.227 e. The second-order valence-corrected chi connectivity index (χ2v) is 3.54. The summed E-state index contributed by atoms with van der Waals surface area (Å²) in [6.45, 7) is 1.70. The van der Waals surface area contributed by atoms with Gasteiger partial charge in [-0.15, -0.1) is 0 Å². The summed E-state index contributed by atoms with van der Waals surface area (Å²) in [5.41, 5.74) is 0.500. The fourth-order valence-electron chi connectivity index (χ4n) is 0.430. The molecule has 0 bridgehead atoms. The fraction of sp³-hybridized carbons (Fsp3) is 1.00. The normalized spacial score (nSPS) is 27.0. The molecule has 0 heterocycles. The Kier molecular flexibility index (Phi) is 1.10. The third-order valence-electron chi connectivity index (χ3n) is 1.05. The molecule has 1 saturated carbocycles. The second kappa shape index (κ2) is 1.46. The van der Waals surface area contributed by atoms with E-state index in [-0.39, 0.29) is 0 Å². The van der Waals surface area contributed by atoms with Crippen LogP contribution in [0.3, 0.4) is 0 Å². The topological polar surface area (TPSA) is 0 Å². The lowest BCUT2D eigenvalue weighted by Crippen LogP contribution is -1.66. The summed E-state index contributed by atoms with van der Waals surface area (Å²) in [5.74, 6) is 0. The molecule has 0 nitrogen and oxygen atoms in total. The maximum atomic E-state index is 12.0. The first-order valence-electron chi connectivity index (χ1n) is 2.19. The predicted molar refractivity (Wildman–Crippen MR) is 27.0 cm³/mol. The molecule has 0 amide bonds. The van der Waals surface area contributed by atoms with E-state index >= 15 is 0 Å². The Morgan fingerprint density at radius 2 is 2.17 bits per heavy atom. The van der Waals surface area contributed by atoms with Gasteiger partial charge in [0.05, 0.1) is 8.23 Å². The Balaban J connectivity index is 2.13. The lowest BCUT2D eigenvalue weighted by atomic mass is 11.0. The Morgan fingerprint density at radius 1 is 1.67 bits per heavy atom. The summed E-state index contributed by atoms with van der Waals surface area (Å²) < 4.78 is 12.0. The van der Waals surface area contributed by atoms with Crippen LogP contribution in [0.5, 0.6) is 0 Å². The van der Waals surface area contributed by atoms with Crippen LogP contribution < -0.4 is 0 Å². The van der Waals surface area contributed by atoms with Gasteiger partial charge in [0.2, 0.25) is 0 Å². The number of rotatable bonds is 1. The van der Waals surface area contributed by atoms with Gasteiger partial charge in [0.15, 0.2) is 0 Å². The highest BCUT2D eigenvalue weighted by Crippen LogP contribution is 2.51. The van der Waals surface area contributed by atoms with E-state index in [0.29, 0.717) is 5.66 Å². The summed E-state index contributed by atoms with van der Waals surface area (Å²) in [4.78, 5) is 0. The van der Waals surface area contributed by atoms with Gasteiger partial charge in [0.25, 0.3) is 0 Å². The minimum absolute atomic E-state index is 0.500. The first-order valence-corrected chi connectivity index (χ1v) is 3.94. The molecule has 6 heavy (non-hydrogen) atoms. The monoisotopic (exact) mass is 106 g/mol. The highest BCUT2D eigenvalue weighted by molar-refractivity contribution is 7.52. The van der Waals surface area contributed by atoms with Crippen molar-refractivity contribution in [2.45, 2.75) is 18.5 Å². The molecule has 2 heteroatoms. The van der Waals surface area contributed by atoms with E-state index in [1.807, 2.05) is 0 Å². The minimum Gasteiger partial charge on any atom is -0.227 e. The summed E-state index contributed by atoms with van der Waals surface area (Å²) in [6.07, 6.45) is 2.30. The van der Waals surface area contributed by atoms with Crippen molar-refractivity contribution in [3.63, 3.8) is 0 Å². The first kappa shape index (κ1) is 4.52. The zero-order valence-corrected chi connectivity index (χ0v) is 4.71. The van der Waals surface area contributed by atoms with Crippen molar-refractivity contribution in [2.24, 2.45) is 0 Å². The predicted octanol–water partition coefficient (Wildman–Crippen LogP) is 2.15. The van der Waals surface area contributed by atoms with Crippen molar-refractivity contribution in [2.75, 3.05) is 6.66 Å². The van der Waals surface area contributed by atoms with Crippen LogP contribution in [0.15, 0.2) is 0 Å². The zero-order chi connectivity index (χ0) is 4.57. The molecule has 36 valence electrons. The van der Waals surface area contributed by atoms with Crippen LogP contribution in [0.2, 0.25) is 0 Å².